The molecule has 0 amide bonds. The van der Waals surface area contributed by atoms with Gasteiger partial charge in [0, 0.05) is 12.5 Å². The molecule has 0 saturated carbocycles. The first-order chi connectivity index (χ1) is 9.70. The van der Waals surface area contributed by atoms with Crippen LogP contribution in [0, 0.1) is 10.5 Å². The Labute approximate surface area is 133 Å². The van der Waals surface area contributed by atoms with Crippen LogP contribution in [0.1, 0.15) is 41.9 Å². The predicted molar refractivity (Wildman–Crippen MR) is 90.3 cm³/mol. The highest BCUT2D eigenvalue weighted by Crippen LogP contribution is 2.39. The summed E-state index contributed by atoms with van der Waals surface area (Å²) in [5, 5.41) is 3.41. The van der Waals surface area contributed by atoms with Crippen molar-refractivity contribution in [2.24, 2.45) is 0 Å². The summed E-state index contributed by atoms with van der Waals surface area (Å²) in [5.74, 6) is 2.31. The van der Waals surface area contributed by atoms with Crippen LogP contribution in [0.2, 0.25) is 0 Å². The maximum atomic E-state index is 4.76. The first-order valence-electron chi connectivity index (χ1n) is 7.06. The second-order valence-electron chi connectivity index (χ2n) is 5.21. The summed E-state index contributed by atoms with van der Waals surface area (Å²) in [4.78, 5) is 9.47. The third kappa shape index (κ3) is 2.41. The van der Waals surface area contributed by atoms with Crippen molar-refractivity contribution < 1.29 is 0 Å². The van der Waals surface area contributed by atoms with Crippen LogP contribution in [0.25, 0.3) is 0 Å². The Morgan fingerprint density at radius 1 is 1.30 bits per heavy atom. The SMILES string of the molecule is CCCNc1nc(C2Cc3ccccc32)nc(C)c1I. The van der Waals surface area contributed by atoms with E-state index in [0.717, 1.165) is 40.3 Å². The van der Waals surface area contributed by atoms with Crippen molar-refractivity contribution in [2.45, 2.75) is 32.6 Å². The summed E-state index contributed by atoms with van der Waals surface area (Å²) in [6.07, 6.45) is 2.16. The largest absolute Gasteiger partial charge is 0.369 e. The van der Waals surface area contributed by atoms with Gasteiger partial charge in [-0.05, 0) is 53.5 Å². The summed E-state index contributed by atoms with van der Waals surface area (Å²) in [5.41, 5.74) is 3.88. The van der Waals surface area contributed by atoms with Crippen LogP contribution in [-0.2, 0) is 6.42 Å². The first-order valence-corrected chi connectivity index (χ1v) is 8.14. The highest BCUT2D eigenvalue weighted by atomic mass is 127. The van der Waals surface area contributed by atoms with E-state index in [1.54, 1.807) is 0 Å². The molecule has 104 valence electrons. The number of halogens is 1. The van der Waals surface area contributed by atoms with Gasteiger partial charge >= 0.3 is 0 Å². The molecule has 1 aliphatic rings. The van der Waals surface area contributed by atoms with Crippen molar-refractivity contribution in [3.8, 4) is 0 Å². The van der Waals surface area contributed by atoms with Gasteiger partial charge in [-0.1, -0.05) is 31.2 Å². The molecule has 3 nitrogen and oxygen atoms in total. The Morgan fingerprint density at radius 3 is 2.85 bits per heavy atom. The molecule has 0 spiro atoms. The lowest BCUT2D eigenvalue weighted by Gasteiger charge is -2.29. The van der Waals surface area contributed by atoms with Crippen molar-refractivity contribution >= 4 is 28.4 Å². The van der Waals surface area contributed by atoms with Gasteiger partial charge in [-0.25, -0.2) is 9.97 Å². The average molecular weight is 379 g/mol. The van der Waals surface area contributed by atoms with Gasteiger partial charge in [0.05, 0.1) is 9.26 Å². The van der Waals surface area contributed by atoms with E-state index in [4.69, 9.17) is 9.97 Å². The first kappa shape index (κ1) is 13.8. The smallest absolute Gasteiger partial charge is 0.143 e. The van der Waals surface area contributed by atoms with Gasteiger partial charge in [0.1, 0.15) is 11.6 Å². The number of nitrogens with zero attached hydrogens (tertiary/aromatic N) is 2. The van der Waals surface area contributed by atoms with Gasteiger partial charge in [0.2, 0.25) is 0 Å². The number of fused-ring (bicyclic) bond motifs is 1. The second-order valence-corrected chi connectivity index (χ2v) is 6.29. The summed E-state index contributed by atoms with van der Waals surface area (Å²) >= 11 is 2.33. The van der Waals surface area contributed by atoms with Crippen LogP contribution in [0.5, 0.6) is 0 Å². The highest BCUT2D eigenvalue weighted by Gasteiger charge is 2.30. The fraction of sp³-hybridized carbons (Fsp3) is 0.375. The average Bonchev–Trinajstić information content (AvgIpc) is 2.42. The summed E-state index contributed by atoms with van der Waals surface area (Å²) < 4.78 is 1.13. The van der Waals surface area contributed by atoms with Crippen molar-refractivity contribution in [1.82, 2.24) is 9.97 Å². The predicted octanol–water partition coefficient (Wildman–Crippen LogP) is 3.90. The van der Waals surface area contributed by atoms with Gasteiger partial charge in [-0.2, -0.15) is 0 Å². The number of nitrogens with one attached hydrogen (secondary N) is 1. The minimum atomic E-state index is 0.365. The molecule has 1 aromatic carbocycles. The number of anilines is 1. The summed E-state index contributed by atoms with van der Waals surface area (Å²) in [6.45, 7) is 5.18. The molecule has 0 radical (unpaired) electrons. The van der Waals surface area contributed by atoms with Crippen LogP contribution in [0.15, 0.2) is 24.3 Å². The number of rotatable bonds is 4. The van der Waals surface area contributed by atoms with Gasteiger partial charge in [-0.15, -0.1) is 0 Å². The summed E-state index contributed by atoms with van der Waals surface area (Å²) in [6, 6.07) is 8.59. The number of hydrogen-bond donors (Lipinski definition) is 1. The molecule has 3 rings (SSSR count). The number of aryl methyl sites for hydroxylation is 1. The molecule has 20 heavy (non-hydrogen) atoms. The zero-order valence-electron chi connectivity index (χ0n) is 11.8. The maximum Gasteiger partial charge on any atom is 0.143 e. The van der Waals surface area contributed by atoms with E-state index in [1.165, 1.54) is 11.1 Å². The topological polar surface area (TPSA) is 37.8 Å². The molecule has 1 aliphatic carbocycles. The molecule has 1 N–H and O–H groups in total. The van der Waals surface area contributed by atoms with Crippen molar-refractivity contribution in [3.05, 3.63) is 50.5 Å². The monoisotopic (exact) mass is 379 g/mol. The van der Waals surface area contributed by atoms with Gasteiger partial charge in [-0.3, -0.25) is 0 Å². The third-order valence-corrected chi connectivity index (χ3v) is 5.03. The lowest BCUT2D eigenvalue weighted by Crippen LogP contribution is -2.22. The minimum Gasteiger partial charge on any atom is -0.369 e. The lowest BCUT2D eigenvalue weighted by molar-refractivity contribution is 0.656. The van der Waals surface area contributed by atoms with Gasteiger partial charge < -0.3 is 5.32 Å². The molecule has 0 bridgehead atoms. The number of hydrogen-bond acceptors (Lipinski definition) is 3. The molecule has 1 heterocycles. The summed E-state index contributed by atoms with van der Waals surface area (Å²) in [7, 11) is 0. The van der Waals surface area contributed by atoms with Crippen LogP contribution in [0.3, 0.4) is 0 Å². The fourth-order valence-electron chi connectivity index (χ4n) is 2.59. The van der Waals surface area contributed by atoms with Gasteiger partial charge in [0.15, 0.2) is 0 Å². The Balaban J connectivity index is 1.94. The van der Waals surface area contributed by atoms with E-state index in [2.05, 4.69) is 66.0 Å². The molecule has 2 aromatic rings. The molecule has 1 aromatic heterocycles. The Bertz CT molecular complexity index is 640. The normalized spacial score (nSPS) is 16.4. The number of aromatic nitrogens is 2. The van der Waals surface area contributed by atoms with E-state index < -0.39 is 0 Å². The molecule has 0 fully saturated rings. The van der Waals surface area contributed by atoms with Crippen molar-refractivity contribution in [2.75, 3.05) is 11.9 Å². The van der Waals surface area contributed by atoms with Crippen LogP contribution in [-0.4, -0.2) is 16.5 Å². The van der Waals surface area contributed by atoms with E-state index in [-0.39, 0.29) is 0 Å². The molecule has 4 heteroatoms. The second kappa shape index (κ2) is 5.68. The van der Waals surface area contributed by atoms with E-state index >= 15 is 0 Å². The third-order valence-electron chi connectivity index (χ3n) is 3.74. The fourth-order valence-corrected chi connectivity index (χ4v) is 3.02. The molecule has 1 unspecified atom stereocenters. The Kier molecular flexibility index (Phi) is 3.92. The molecular weight excluding hydrogens is 361 g/mol. The van der Waals surface area contributed by atoms with Crippen molar-refractivity contribution in [3.63, 3.8) is 0 Å². The van der Waals surface area contributed by atoms with Gasteiger partial charge in [0.25, 0.3) is 0 Å². The molecule has 0 saturated heterocycles. The van der Waals surface area contributed by atoms with E-state index in [0.29, 0.717) is 5.92 Å². The number of benzene rings is 1. The Morgan fingerprint density at radius 2 is 2.10 bits per heavy atom. The highest BCUT2D eigenvalue weighted by molar-refractivity contribution is 14.1. The lowest BCUT2D eigenvalue weighted by atomic mass is 9.77. The standard InChI is InChI=1S/C16H18IN3/c1-3-8-18-16-14(17)10(2)19-15(20-16)13-9-11-6-4-5-7-12(11)13/h4-7,13H,3,8-9H2,1-2H3,(H,18,19,20). The molecule has 0 aliphatic heterocycles. The zero-order valence-corrected chi connectivity index (χ0v) is 13.9. The van der Waals surface area contributed by atoms with Crippen molar-refractivity contribution in [1.29, 1.82) is 0 Å². The molecule has 1 atom stereocenters. The quantitative estimate of drug-likeness (QED) is 0.819. The maximum absolute atomic E-state index is 4.76. The van der Waals surface area contributed by atoms with Crippen LogP contribution >= 0.6 is 22.6 Å². The van der Waals surface area contributed by atoms with E-state index in [1.807, 2.05) is 0 Å². The zero-order chi connectivity index (χ0) is 14.1. The Hall–Kier alpha value is -1.17. The van der Waals surface area contributed by atoms with E-state index in [9.17, 15) is 0 Å². The minimum absolute atomic E-state index is 0.365. The van der Waals surface area contributed by atoms with Crippen LogP contribution < -0.4 is 5.32 Å². The molecular formula is C16H18IN3. The van der Waals surface area contributed by atoms with Crippen LogP contribution in [0.4, 0.5) is 5.82 Å².